The molecule has 1 heterocycles. The van der Waals surface area contributed by atoms with Crippen LogP contribution >= 0.6 is 0 Å². The van der Waals surface area contributed by atoms with Gasteiger partial charge >= 0.3 is 0 Å². The number of rotatable bonds is 10. The Hall–Kier alpha value is -1.64. The average Bonchev–Trinajstić information content (AvgIpc) is 2.75. The Morgan fingerprint density at radius 2 is 1.29 bits per heavy atom. The van der Waals surface area contributed by atoms with Crippen LogP contribution in [0.1, 0.15) is 76.2 Å². The molecule has 0 amide bonds. The highest BCUT2D eigenvalue weighted by atomic mass is 16.7. The lowest BCUT2D eigenvalue weighted by Gasteiger charge is -2.29. The van der Waals surface area contributed by atoms with Crippen molar-refractivity contribution in [3.05, 3.63) is 59.7 Å². The van der Waals surface area contributed by atoms with Crippen molar-refractivity contribution in [1.29, 1.82) is 0 Å². The van der Waals surface area contributed by atoms with E-state index in [0.29, 0.717) is 5.92 Å². The van der Waals surface area contributed by atoms with E-state index in [4.69, 9.17) is 9.47 Å². The Morgan fingerprint density at radius 3 is 1.89 bits per heavy atom. The van der Waals surface area contributed by atoms with Crippen LogP contribution < -0.4 is 0 Å². The first-order valence-corrected chi connectivity index (χ1v) is 11.2. The van der Waals surface area contributed by atoms with Gasteiger partial charge in [-0.05, 0) is 36.0 Å². The minimum Gasteiger partial charge on any atom is -0.348 e. The number of aryl methyl sites for hydroxylation is 1. The molecule has 0 bridgehead atoms. The molecule has 1 aliphatic rings. The van der Waals surface area contributed by atoms with Crippen LogP contribution in [0.3, 0.4) is 0 Å². The second kappa shape index (κ2) is 11.4. The molecule has 1 fully saturated rings. The lowest BCUT2D eigenvalue weighted by Crippen LogP contribution is -2.27. The zero-order valence-electron chi connectivity index (χ0n) is 17.7. The summed E-state index contributed by atoms with van der Waals surface area (Å²) in [5, 5.41) is 0. The van der Waals surface area contributed by atoms with E-state index in [1.807, 2.05) is 0 Å². The Balaban J connectivity index is 1.51. The normalized spacial score (nSPS) is 19.6. The van der Waals surface area contributed by atoms with Crippen LogP contribution in [-0.4, -0.2) is 13.2 Å². The third-order valence-electron chi connectivity index (χ3n) is 5.72. The largest absolute Gasteiger partial charge is 0.348 e. The summed E-state index contributed by atoms with van der Waals surface area (Å²) in [5.41, 5.74) is 5.07. The monoisotopic (exact) mass is 380 g/mol. The van der Waals surface area contributed by atoms with Crippen molar-refractivity contribution >= 4 is 0 Å². The highest BCUT2D eigenvalue weighted by Crippen LogP contribution is 2.29. The summed E-state index contributed by atoms with van der Waals surface area (Å²) in [6, 6.07) is 17.7. The third-order valence-corrected chi connectivity index (χ3v) is 5.72. The summed E-state index contributed by atoms with van der Waals surface area (Å²) >= 11 is 0. The standard InChI is InChI=1S/C26H36O2/c1-3-5-7-9-21-11-13-23(14-12-21)24-15-17-25(18-16-24)26-27-19-22(20-28-26)10-8-6-4-2/h11-18,22,26H,3-10,19-20H2,1-2H3. The molecule has 0 aromatic heterocycles. The minimum atomic E-state index is -0.211. The average molecular weight is 381 g/mol. The fourth-order valence-electron chi connectivity index (χ4n) is 3.86. The molecule has 0 aliphatic carbocycles. The van der Waals surface area contributed by atoms with E-state index >= 15 is 0 Å². The smallest absolute Gasteiger partial charge is 0.183 e. The summed E-state index contributed by atoms with van der Waals surface area (Å²) in [7, 11) is 0. The van der Waals surface area contributed by atoms with Crippen molar-refractivity contribution in [2.75, 3.05) is 13.2 Å². The van der Waals surface area contributed by atoms with Gasteiger partial charge in [0, 0.05) is 11.5 Å². The van der Waals surface area contributed by atoms with Crippen molar-refractivity contribution in [3.63, 3.8) is 0 Å². The molecule has 0 unspecified atom stereocenters. The van der Waals surface area contributed by atoms with Gasteiger partial charge < -0.3 is 9.47 Å². The van der Waals surface area contributed by atoms with Crippen molar-refractivity contribution in [2.24, 2.45) is 5.92 Å². The van der Waals surface area contributed by atoms with Crippen LogP contribution in [-0.2, 0) is 15.9 Å². The molecular formula is C26H36O2. The lowest BCUT2D eigenvalue weighted by atomic mass is 10.00. The number of benzene rings is 2. The zero-order chi connectivity index (χ0) is 19.6. The Kier molecular flexibility index (Phi) is 8.57. The van der Waals surface area contributed by atoms with Gasteiger partial charge in [0.15, 0.2) is 6.29 Å². The molecule has 2 heteroatoms. The van der Waals surface area contributed by atoms with Crippen LogP contribution in [0.25, 0.3) is 11.1 Å². The van der Waals surface area contributed by atoms with Crippen molar-refractivity contribution in [2.45, 2.75) is 71.5 Å². The first-order valence-electron chi connectivity index (χ1n) is 11.2. The topological polar surface area (TPSA) is 18.5 Å². The maximum absolute atomic E-state index is 5.99. The fraction of sp³-hybridized carbons (Fsp3) is 0.538. The predicted octanol–water partition coefficient (Wildman–Crippen LogP) is 7.33. The van der Waals surface area contributed by atoms with E-state index in [2.05, 4.69) is 62.4 Å². The van der Waals surface area contributed by atoms with Crippen molar-refractivity contribution in [3.8, 4) is 11.1 Å². The highest BCUT2D eigenvalue weighted by Gasteiger charge is 2.23. The third kappa shape index (κ3) is 6.18. The van der Waals surface area contributed by atoms with Gasteiger partial charge in [0.1, 0.15) is 0 Å². The van der Waals surface area contributed by atoms with Crippen LogP contribution in [0.2, 0.25) is 0 Å². The maximum Gasteiger partial charge on any atom is 0.183 e. The summed E-state index contributed by atoms with van der Waals surface area (Å²) in [5.74, 6) is 0.554. The predicted molar refractivity (Wildman–Crippen MR) is 117 cm³/mol. The molecule has 1 aliphatic heterocycles. The second-order valence-electron chi connectivity index (χ2n) is 8.14. The summed E-state index contributed by atoms with van der Waals surface area (Å²) in [6.07, 6.45) is 9.92. The lowest BCUT2D eigenvalue weighted by molar-refractivity contribution is -0.206. The van der Waals surface area contributed by atoms with Gasteiger partial charge in [-0.25, -0.2) is 0 Å². The molecule has 0 N–H and O–H groups in total. The van der Waals surface area contributed by atoms with Crippen LogP contribution in [0, 0.1) is 5.92 Å². The minimum absolute atomic E-state index is 0.211. The van der Waals surface area contributed by atoms with Gasteiger partial charge in [0.05, 0.1) is 13.2 Å². The summed E-state index contributed by atoms with van der Waals surface area (Å²) < 4.78 is 12.0. The molecular weight excluding hydrogens is 344 g/mol. The van der Waals surface area contributed by atoms with Gasteiger partial charge in [-0.1, -0.05) is 94.5 Å². The maximum atomic E-state index is 5.99. The van der Waals surface area contributed by atoms with Crippen LogP contribution in [0.4, 0.5) is 0 Å². The Morgan fingerprint density at radius 1 is 0.714 bits per heavy atom. The summed E-state index contributed by atoms with van der Waals surface area (Å²) in [4.78, 5) is 0. The first-order chi connectivity index (χ1) is 13.8. The number of ether oxygens (including phenoxy) is 2. The van der Waals surface area contributed by atoms with E-state index < -0.39 is 0 Å². The molecule has 28 heavy (non-hydrogen) atoms. The summed E-state index contributed by atoms with van der Waals surface area (Å²) in [6.45, 7) is 6.13. The van der Waals surface area contributed by atoms with E-state index in [1.54, 1.807) is 0 Å². The molecule has 0 radical (unpaired) electrons. The number of unbranched alkanes of at least 4 members (excludes halogenated alkanes) is 4. The van der Waals surface area contributed by atoms with Crippen molar-refractivity contribution < 1.29 is 9.47 Å². The van der Waals surface area contributed by atoms with Gasteiger partial charge in [-0.3, -0.25) is 0 Å². The fourth-order valence-corrected chi connectivity index (χ4v) is 3.86. The molecule has 0 saturated carbocycles. The first kappa shape index (κ1) is 21.1. The molecule has 3 rings (SSSR count). The van der Waals surface area contributed by atoms with Gasteiger partial charge in [-0.15, -0.1) is 0 Å². The molecule has 152 valence electrons. The number of hydrogen-bond acceptors (Lipinski definition) is 2. The number of hydrogen-bond donors (Lipinski definition) is 0. The van der Waals surface area contributed by atoms with E-state index in [1.165, 1.54) is 68.1 Å². The molecule has 1 saturated heterocycles. The second-order valence-corrected chi connectivity index (χ2v) is 8.14. The van der Waals surface area contributed by atoms with E-state index in [-0.39, 0.29) is 6.29 Å². The zero-order valence-corrected chi connectivity index (χ0v) is 17.7. The quantitative estimate of drug-likeness (QED) is 0.402. The van der Waals surface area contributed by atoms with Crippen molar-refractivity contribution in [1.82, 2.24) is 0 Å². The molecule has 2 nitrogen and oxygen atoms in total. The van der Waals surface area contributed by atoms with Gasteiger partial charge in [0.2, 0.25) is 0 Å². The molecule has 2 aromatic rings. The van der Waals surface area contributed by atoms with Crippen LogP contribution in [0.15, 0.2) is 48.5 Å². The molecule has 0 atom stereocenters. The van der Waals surface area contributed by atoms with E-state index in [9.17, 15) is 0 Å². The van der Waals surface area contributed by atoms with Gasteiger partial charge in [0.25, 0.3) is 0 Å². The van der Waals surface area contributed by atoms with Gasteiger partial charge in [-0.2, -0.15) is 0 Å². The molecule has 0 spiro atoms. The van der Waals surface area contributed by atoms with E-state index in [0.717, 1.165) is 18.8 Å². The Labute approximate surface area is 171 Å². The Bertz CT molecular complexity index is 667. The molecule has 2 aromatic carbocycles. The highest BCUT2D eigenvalue weighted by molar-refractivity contribution is 5.64. The SMILES string of the molecule is CCCCCc1ccc(-c2ccc(C3OCC(CCCCC)CO3)cc2)cc1. The van der Waals surface area contributed by atoms with Crippen LogP contribution in [0.5, 0.6) is 0 Å².